The van der Waals surface area contributed by atoms with Gasteiger partial charge in [0.05, 0.1) is 40.4 Å². The van der Waals surface area contributed by atoms with Gasteiger partial charge in [-0.2, -0.15) is 0 Å². The molecule has 3 aliphatic heterocycles. The van der Waals surface area contributed by atoms with Gasteiger partial charge in [0.1, 0.15) is 29.0 Å². The Morgan fingerprint density at radius 1 is 0.908 bits per heavy atom. The number of thiophene rings is 1. The van der Waals surface area contributed by atoms with E-state index in [0.29, 0.717) is 37.6 Å². The second-order valence-corrected chi connectivity index (χ2v) is 20.7. The highest BCUT2D eigenvalue weighted by atomic mass is 32.1. The number of likely N-dealkylation sites (tertiary alicyclic amines) is 1. The number of thiazole rings is 1. The number of β-amino-alcohol motifs (C(OH)–C–C–N with tert-alkyl or cyclic N) is 1. The quantitative estimate of drug-likeness (QED) is 0.112. The molecule has 15 nitrogen and oxygen atoms in total. The number of carboxylic acids is 1. The van der Waals surface area contributed by atoms with E-state index >= 15 is 0 Å². The van der Waals surface area contributed by atoms with E-state index in [1.807, 2.05) is 100 Å². The van der Waals surface area contributed by atoms with E-state index in [1.165, 1.54) is 4.90 Å². The number of carbonyl (C=O) groups excluding carboxylic acids is 3. The zero-order chi connectivity index (χ0) is 46.5. The van der Waals surface area contributed by atoms with E-state index in [-0.39, 0.29) is 49.1 Å². The summed E-state index contributed by atoms with van der Waals surface area (Å²) in [7, 11) is 0. The molecule has 5 atom stereocenters. The standard InChI is InChI=1S/C48H57N9O6S2/c1-25-28(4)65-47-39(25)40(51-36(22-38(59)60)43-54-53-29(5)57(43)47)31-13-15-34(16-14-31)55-19-17-33(18-20-55)44(61)52-42(48(6,7)8)46(63)56-23-35(58)21-37(56)45(62)50-26(2)30-9-11-32(12-10-30)41-27(3)49-24-64-41/h9-16,24,26,33,35-37,42,58H,17-23H2,1-8H3,(H,50,62)(H,52,61)(H,59,60)/t26?,35-,36+,37+,42?/m1/s1. The average Bonchev–Trinajstić information content (AvgIpc) is 4.04. The molecule has 3 aliphatic rings. The van der Waals surface area contributed by atoms with E-state index in [0.717, 1.165) is 59.7 Å². The zero-order valence-corrected chi connectivity index (χ0v) is 39.7. The number of fused-ring (bicyclic) bond motifs is 3. The molecular formula is C48H57N9O6S2. The van der Waals surface area contributed by atoms with Crippen molar-refractivity contribution in [3.05, 3.63) is 98.5 Å². The number of carbonyl (C=O) groups is 4. The zero-order valence-electron chi connectivity index (χ0n) is 38.1. The van der Waals surface area contributed by atoms with E-state index in [1.54, 1.807) is 22.7 Å². The smallest absolute Gasteiger partial charge is 0.306 e. The van der Waals surface area contributed by atoms with Gasteiger partial charge >= 0.3 is 5.97 Å². The largest absolute Gasteiger partial charge is 0.481 e. The number of carboxylic acid groups (broad SMARTS) is 1. The lowest BCUT2D eigenvalue weighted by atomic mass is 9.84. The SMILES string of the molecule is Cc1ncsc1-c1ccc(C(C)NC(=O)[C@@H]2C[C@@H](O)CN2C(=O)C(NC(=O)C2CCN(c3ccc(C4=N[C@@H](CC(=O)O)c5nnc(C)n5-c5sc(C)c(C)c54)cc3)CC2)C(C)(C)C)cc1. The third-order valence-corrected chi connectivity index (χ3v) is 15.2. The number of aliphatic hydroxyl groups excluding tert-OH is 1. The fourth-order valence-electron chi connectivity index (χ4n) is 9.20. The molecule has 65 heavy (non-hydrogen) atoms. The van der Waals surface area contributed by atoms with Gasteiger partial charge in [-0.1, -0.05) is 57.2 Å². The van der Waals surface area contributed by atoms with Gasteiger partial charge in [-0.15, -0.1) is 32.9 Å². The lowest BCUT2D eigenvalue weighted by Crippen LogP contribution is -2.59. The number of aliphatic hydroxyl groups is 1. The van der Waals surface area contributed by atoms with E-state index in [2.05, 4.69) is 44.6 Å². The van der Waals surface area contributed by atoms with Crippen LogP contribution in [-0.2, 0) is 19.2 Å². The van der Waals surface area contributed by atoms with Gasteiger partial charge in [0, 0.05) is 53.7 Å². The van der Waals surface area contributed by atoms with Crippen LogP contribution in [0.15, 0.2) is 59.0 Å². The number of aliphatic carboxylic acids is 1. The number of anilines is 1. The van der Waals surface area contributed by atoms with E-state index in [4.69, 9.17) is 4.99 Å². The Morgan fingerprint density at radius 2 is 1.58 bits per heavy atom. The fraction of sp³-hybridized carbons (Fsp3) is 0.458. The number of hydrogen-bond donors (Lipinski definition) is 4. The van der Waals surface area contributed by atoms with Crippen LogP contribution in [0.2, 0.25) is 0 Å². The number of benzene rings is 2. The van der Waals surface area contributed by atoms with Crippen LogP contribution in [0.3, 0.4) is 0 Å². The summed E-state index contributed by atoms with van der Waals surface area (Å²) < 4.78 is 1.94. The van der Waals surface area contributed by atoms with Crippen molar-refractivity contribution < 1.29 is 29.4 Å². The number of nitrogens with one attached hydrogen (secondary N) is 2. The van der Waals surface area contributed by atoms with Crippen molar-refractivity contribution in [2.45, 2.75) is 111 Å². The van der Waals surface area contributed by atoms with Gasteiger partial charge in [0.15, 0.2) is 5.82 Å². The van der Waals surface area contributed by atoms with Gasteiger partial charge in [-0.25, -0.2) is 4.98 Å². The summed E-state index contributed by atoms with van der Waals surface area (Å²) in [5.74, 6) is -1.05. The van der Waals surface area contributed by atoms with Crippen molar-refractivity contribution >= 4 is 57.8 Å². The molecule has 2 unspecified atom stereocenters. The number of aryl methyl sites for hydroxylation is 3. The maximum absolute atomic E-state index is 14.4. The Morgan fingerprint density at radius 3 is 2.22 bits per heavy atom. The maximum atomic E-state index is 14.4. The minimum absolute atomic E-state index is 0.00000363. The van der Waals surface area contributed by atoms with Crippen LogP contribution in [0.4, 0.5) is 5.69 Å². The predicted molar refractivity (Wildman–Crippen MR) is 252 cm³/mol. The molecule has 0 saturated carbocycles. The van der Waals surface area contributed by atoms with Crippen LogP contribution in [-0.4, -0.2) is 102 Å². The molecule has 2 aromatic carbocycles. The van der Waals surface area contributed by atoms with E-state index < -0.39 is 35.6 Å². The summed E-state index contributed by atoms with van der Waals surface area (Å²) in [5, 5.41) is 36.3. The Kier molecular flexibility index (Phi) is 12.8. The van der Waals surface area contributed by atoms with Crippen molar-refractivity contribution in [2.75, 3.05) is 24.5 Å². The lowest BCUT2D eigenvalue weighted by molar-refractivity contribution is -0.144. The Balaban J connectivity index is 0.911. The first-order chi connectivity index (χ1) is 30.9. The van der Waals surface area contributed by atoms with Crippen LogP contribution >= 0.6 is 22.7 Å². The summed E-state index contributed by atoms with van der Waals surface area (Å²) in [6.07, 6.45) is 0.171. The monoisotopic (exact) mass is 919 g/mol. The second-order valence-electron chi connectivity index (χ2n) is 18.6. The lowest BCUT2D eigenvalue weighted by Gasteiger charge is -2.38. The van der Waals surface area contributed by atoms with Gasteiger partial charge in [-0.05, 0) is 81.7 Å². The number of nitrogens with zero attached hydrogens (tertiary/aromatic N) is 7. The normalized spacial score (nSPS) is 19.8. The van der Waals surface area contributed by atoms with Crippen LogP contribution in [0.1, 0.15) is 110 Å². The molecule has 8 rings (SSSR count). The Hall–Kier alpha value is -5.78. The van der Waals surface area contributed by atoms with Gasteiger partial charge in [0.25, 0.3) is 0 Å². The number of aliphatic imine (C=N–C) groups is 1. The highest BCUT2D eigenvalue weighted by molar-refractivity contribution is 7.15. The molecule has 6 heterocycles. The number of piperidine rings is 1. The van der Waals surface area contributed by atoms with Crippen LogP contribution in [0.25, 0.3) is 15.4 Å². The molecule has 0 aliphatic carbocycles. The molecule has 4 N–H and O–H groups in total. The first-order valence-corrected chi connectivity index (χ1v) is 23.9. The average molecular weight is 920 g/mol. The second kappa shape index (κ2) is 18.2. The van der Waals surface area contributed by atoms with Gasteiger partial charge in [0.2, 0.25) is 17.7 Å². The number of aromatic nitrogens is 4. The molecule has 2 saturated heterocycles. The molecule has 0 spiro atoms. The minimum atomic E-state index is -0.969. The van der Waals surface area contributed by atoms with Crippen molar-refractivity contribution in [1.82, 2.24) is 35.3 Å². The molecule has 0 bridgehead atoms. The third kappa shape index (κ3) is 9.23. The minimum Gasteiger partial charge on any atom is -0.481 e. The first kappa shape index (κ1) is 45.8. The van der Waals surface area contributed by atoms with Crippen LogP contribution in [0.5, 0.6) is 0 Å². The highest BCUT2D eigenvalue weighted by Crippen LogP contribution is 2.40. The molecule has 17 heteroatoms. The number of hydrogen-bond acceptors (Lipinski definition) is 12. The van der Waals surface area contributed by atoms with Crippen molar-refractivity contribution in [1.29, 1.82) is 0 Å². The Bertz CT molecular complexity index is 2640. The molecule has 342 valence electrons. The number of amides is 3. The number of rotatable bonds is 11. The van der Waals surface area contributed by atoms with Crippen molar-refractivity contribution in [3.8, 4) is 15.4 Å². The summed E-state index contributed by atoms with van der Waals surface area (Å²) in [5.41, 5.74) is 8.67. The molecule has 3 aromatic heterocycles. The molecule has 0 radical (unpaired) electrons. The van der Waals surface area contributed by atoms with Crippen molar-refractivity contribution in [2.24, 2.45) is 16.3 Å². The highest BCUT2D eigenvalue weighted by Gasteiger charge is 2.45. The summed E-state index contributed by atoms with van der Waals surface area (Å²) >= 11 is 3.20. The topological polar surface area (TPSA) is 195 Å². The summed E-state index contributed by atoms with van der Waals surface area (Å²) in [6.45, 7) is 16.8. The molecule has 2 fully saturated rings. The first-order valence-electron chi connectivity index (χ1n) is 22.2. The third-order valence-electron chi connectivity index (χ3n) is 13.0. The summed E-state index contributed by atoms with van der Waals surface area (Å²) in [4.78, 5) is 69.5. The van der Waals surface area contributed by atoms with Crippen LogP contribution < -0.4 is 15.5 Å². The van der Waals surface area contributed by atoms with E-state index in [9.17, 15) is 29.4 Å². The summed E-state index contributed by atoms with van der Waals surface area (Å²) in [6, 6.07) is 13.2. The fourth-order valence-corrected chi connectivity index (χ4v) is 11.2. The van der Waals surface area contributed by atoms with Gasteiger partial charge in [-0.3, -0.25) is 28.7 Å². The molecule has 3 amide bonds. The van der Waals surface area contributed by atoms with Gasteiger partial charge < -0.3 is 30.6 Å². The van der Waals surface area contributed by atoms with Crippen LogP contribution in [0, 0.1) is 39.0 Å². The molecular weight excluding hydrogens is 863 g/mol. The maximum Gasteiger partial charge on any atom is 0.306 e. The van der Waals surface area contributed by atoms with Crippen molar-refractivity contribution in [3.63, 3.8) is 0 Å². The molecule has 5 aromatic rings. The predicted octanol–water partition coefficient (Wildman–Crippen LogP) is 6.64. The Labute approximate surface area is 387 Å².